The number of benzene rings is 1. The lowest BCUT2D eigenvalue weighted by molar-refractivity contribution is -0.149. The van der Waals surface area contributed by atoms with Crippen molar-refractivity contribution in [3.63, 3.8) is 0 Å². The Labute approximate surface area is 231 Å². The van der Waals surface area contributed by atoms with Gasteiger partial charge in [-0.3, -0.25) is 24.2 Å². The number of amides is 4. The van der Waals surface area contributed by atoms with Crippen molar-refractivity contribution in [2.24, 2.45) is 22.2 Å². The first-order chi connectivity index (χ1) is 19.0. The summed E-state index contributed by atoms with van der Waals surface area (Å²) in [6.07, 6.45) is 1.59. The molecular weight excluding hydrogens is 524 g/mol. The van der Waals surface area contributed by atoms with Crippen molar-refractivity contribution < 1.29 is 34.2 Å². The van der Waals surface area contributed by atoms with Crippen LogP contribution in [-0.4, -0.2) is 101 Å². The summed E-state index contributed by atoms with van der Waals surface area (Å²) in [6.45, 7) is -0.788. The summed E-state index contributed by atoms with van der Waals surface area (Å²) in [5.74, 6) is -3.98. The fourth-order valence-corrected chi connectivity index (χ4v) is 4.20. The molecule has 15 nitrogen and oxygen atoms in total. The highest BCUT2D eigenvalue weighted by Gasteiger charge is 2.37. The number of carboxylic acids is 1. The predicted octanol–water partition coefficient (Wildman–Crippen LogP) is -3.24. The Kier molecular flexibility index (Phi) is 12.8. The number of likely N-dealkylation sites (tertiary alicyclic amines) is 1. The smallest absolute Gasteiger partial charge is 0.326 e. The van der Waals surface area contributed by atoms with E-state index in [-0.39, 0.29) is 31.9 Å². The van der Waals surface area contributed by atoms with Crippen molar-refractivity contribution in [3.8, 4) is 0 Å². The number of nitrogens with two attached hydrogens (primary N) is 3. The highest BCUT2D eigenvalue weighted by molar-refractivity contribution is 5.94. The second-order valence-electron chi connectivity index (χ2n) is 9.35. The number of guanidine groups is 1. The standard InChI is InChI=1S/C25H38N8O7/c26-16(8-4-10-29-25(27)28)21(36)32-18(14-34)22(37)30-13-20(35)31-17(12-15-6-2-1-3-7-15)23(38)33-11-5-9-19(33)24(39)40/h1-3,6-7,16-19,34H,4-5,8-14,26H2,(H,30,37)(H,31,35)(H,32,36)(H,39,40)(H4,27,28,29)/t16-,17-,18-,19-/m0/s1. The van der Waals surface area contributed by atoms with E-state index in [2.05, 4.69) is 20.9 Å². The zero-order valence-electron chi connectivity index (χ0n) is 22.1. The molecular formula is C25H38N8O7. The Bertz CT molecular complexity index is 1060. The zero-order chi connectivity index (χ0) is 29.7. The van der Waals surface area contributed by atoms with Crippen molar-refractivity contribution in [3.05, 3.63) is 35.9 Å². The Balaban J connectivity index is 1.95. The number of aliphatic hydroxyl groups excluding tert-OH is 1. The van der Waals surface area contributed by atoms with Crippen LogP contribution in [0.2, 0.25) is 0 Å². The second-order valence-corrected chi connectivity index (χ2v) is 9.35. The Morgan fingerprint density at radius 1 is 1.05 bits per heavy atom. The van der Waals surface area contributed by atoms with Crippen LogP contribution in [-0.2, 0) is 30.4 Å². The molecule has 0 unspecified atom stereocenters. The number of carbonyl (C=O) groups excluding carboxylic acids is 4. The normalized spacial score (nSPS) is 16.8. The van der Waals surface area contributed by atoms with Gasteiger partial charge in [0.2, 0.25) is 23.6 Å². The van der Waals surface area contributed by atoms with Gasteiger partial charge in [0, 0.05) is 19.5 Å². The first-order valence-electron chi connectivity index (χ1n) is 12.9. The maximum atomic E-state index is 13.3. The molecule has 15 heteroatoms. The van der Waals surface area contributed by atoms with E-state index in [1.807, 2.05) is 0 Å². The summed E-state index contributed by atoms with van der Waals surface area (Å²) in [5, 5.41) is 26.3. The van der Waals surface area contributed by atoms with Gasteiger partial charge in [-0.15, -0.1) is 0 Å². The molecule has 0 aromatic heterocycles. The van der Waals surface area contributed by atoms with Crippen LogP contribution < -0.4 is 33.2 Å². The third kappa shape index (κ3) is 10.1. The minimum Gasteiger partial charge on any atom is -0.480 e. The number of nitrogens with one attached hydrogen (secondary N) is 3. The van der Waals surface area contributed by atoms with E-state index in [0.717, 1.165) is 5.56 Å². The van der Waals surface area contributed by atoms with E-state index in [1.165, 1.54) is 4.90 Å². The quantitative estimate of drug-likeness (QED) is 0.0602. The van der Waals surface area contributed by atoms with Gasteiger partial charge in [-0.05, 0) is 31.2 Å². The molecule has 0 radical (unpaired) electrons. The molecule has 11 N–H and O–H groups in total. The van der Waals surface area contributed by atoms with Crippen molar-refractivity contribution in [2.75, 3.05) is 26.2 Å². The van der Waals surface area contributed by atoms with Gasteiger partial charge in [-0.1, -0.05) is 30.3 Å². The number of rotatable bonds is 15. The molecule has 40 heavy (non-hydrogen) atoms. The number of hydrogen-bond acceptors (Lipinski definition) is 8. The van der Waals surface area contributed by atoms with E-state index in [4.69, 9.17) is 17.2 Å². The van der Waals surface area contributed by atoms with Gasteiger partial charge >= 0.3 is 5.97 Å². The monoisotopic (exact) mass is 562 g/mol. The van der Waals surface area contributed by atoms with E-state index in [9.17, 15) is 34.2 Å². The van der Waals surface area contributed by atoms with Crippen LogP contribution in [0.15, 0.2) is 35.3 Å². The van der Waals surface area contributed by atoms with Gasteiger partial charge in [0.25, 0.3) is 0 Å². The minimum absolute atomic E-state index is 0.0877. The van der Waals surface area contributed by atoms with Crippen LogP contribution in [0, 0.1) is 0 Å². The molecule has 1 saturated heterocycles. The average Bonchev–Trinajstić information content (AvgIpc) is 3.42. The number of aliphatic hydroxyl groups is 1. The van der Waals surface area contributed by atoms with Gasteiger partial charge in [0.05, 0.1) is 19.2 Å². The molecule has 220 valence electrons. The summed E-state index contributed by atoms with van der Waals surface area (Å²) in [5.41, 5.74) is 17.0. The van der Waals surface area contributed by atoms with Crippen molar-refractivity contribution in [1.29, 1.82) is 0 Å². The molecule has 2 rings (SSSR count). The molecule has 0 bridgehead atoms. The van der Waals surface area contributed by atoms with Gasteiger partial charge in [-0.2, -0.15) is 0 Å². The third-order valence-electron chi connectivity index (χ3n) is 6.28. The summed E-state index contributed by atoms with van der Waals surface area (Å²) in [6, 6.07) is 4.48. The maximum absolute atomic E-state index is 13.3. The fourth-order valence-electron chi connectivity index (χ4n) is 4.20. The van der Waals surface area contributed by atoms with Crippen molar-refractivity contribution in [2.45, 2.75) is 56.3 Å². The molecule has 1 aromatic rings. The number of nitrogens with zero attached hydrogens (tertiary/aromatic N) is 2. The van der Waals surface area contributed by atoms with Crippen LogP contribution >= 0.6 is 0 Å². The van der Waals surface area contributed by atoms with Crippen LogP contribution in [0.5, 0.6) is 0 Å². The highest BCUT2D eigenvalue weighted by atomic mass is 16.4. The topological polar surface area (TPSA) is 256 Å². The summed E-state index contributed by atoms with van der Waals surface area (Å²) >= 11 is 0. The molecule has 1 aromatic carbocycles. The number of carboxylic acid groups (broad SMARTS) is 1. The van der Waals surface area contributed by atoms with Gasteiger partial charge in [-0.25, -0.2) is 4.79 Å². The third-order valence-corrected chi connectivity index (χ3v) is 6.28. The van der Waals surface area contributed by atoms with Crippen molar-refractivity contribution in [1.82, 2.24) is 20.9 Å². The van der Waals surface area contributed by atoms with Crippen LogP contribution in [0.1, 0.15) is 31.2 Å². The number of hydrogen-bond donors (Lipinski definition) is 8. The first-order valence-corrected chi connectivity index (χ1v) is 12.9. The molecule has 1 aliphatic heterocycles. The Morgan fingerprint density at radius 3 is 2.38 bits per heavy atom. The summed E-state index contributed by atoms with van der Waals surface area (Å²) < 4.78 is 0. The van der Waals surface area contributed by atoms with Crippen LogP contribution in [0.3, 0.4) is 0 Å². The number of carbonyl (C=O) groups is 5. The molecule has 4 amide bonds. The Hall–Kier alpha value is -4.24. The second kappa shape index (κ2) is 16.0. The van der Waals surface area contributed by atoms with Crippen LogP contribution in [0.4, 0.5) is 0 Å². The molecule has 0 aliphatic carbocycles. The molecule has 0 saturated carbocycles. The van der Waals surface area contributed by atoms with E-state index >= 15 is 0 Å². The first kappa shape index (κ1) is 32.0. The SMILES string of the molecule is NC(N)=NCCC[C@H](N)C(=O)N[C@@H](CO)C(=O)NCC(=O)N[C@@H](Cc1ccccc1)C(=O)N1CCC[C@H]1C(=O)O. The van der Waals surface area contributed by atoms with E-state index < -0.39 is 66.9 Å². The van der Waals surface area contributed by atoms with Crippen molar-refractivity contribution >= 4 is 35.6 Å². The van der Waals surface area contributed by atoms with E-state index in [1.54, 1.807) is 30.3 Å². The lowest BCUT2D eigenvalue weighted by atomic mass is 10.0. The number of aliphatic imine (C=N–C) groups is 1. The van der Waals surface area contributed by atoms with Gasteiger partial charge < -0.3 is 48.3 Å². The van der Waals surface area contributed by atoms with Gasteiger partial charge in [0.15, 0.2) is 5.96 Å². The molecule has 1 aliphatic rings. The highest BCUT2D eigenvalue weighted by Crippen LogP contribution is 2.19. The number of aliphatic carboxylic acids is 1. The fraction of sp³-hybridized carbons (Fsp3) is 0.520. The van der Waals surface area contributed by atoms with Crippen LogP contribution in [0.25, 0.3) is 0 Å². The zero-order valence-corrected chi connectivity index (χ0v) is 22.1. The molecule has 0 spiro atoms. The average molecular weight is 563 g/mol. The maximum Gasteiger partial charge on any atom is 0.326 e. The van der Waals surface area contributed by atoms with Gasteiger partial charge in [0.1, 0.15) is 18.1 Å². The summed E-state index contributed by atoms with van der Waals surface area (Å²) in [4.78, 5) is 67.4. The predicted molar refractivity (Wildman–Crippen MR) is 144 cm³/mol. The molecule has 1 heterocycles. The largest absolute Gasteiger partial charge is 0.480 e. The van der Waals surface area contributed by atoms with E-state index in [0.29, 0.717) is 19.3 Å². The molecule has 1 fully saturated rings. The summed E-state index contributed by atoms with van der Waals surface area (Å²) in [7, 11) is 0. The molecule has 4 atom stereocenters. The lowest BCUT2D eigenvalue weighted by Gasteiger charge is -2.27. The minimum atomic E-state index is -1.37. The Morgan fingerprint density at radius 2 is 1.75 bits per heavy atom. The lowest BCUT2D eigenvalue weighted by Crippen LogP contribution is -2.56.